The Morgan fingerprint density at radius 3 is 2.24 bits per heavy atom. The number of ether oxygens (including phenoxy) is 1. The summed E-state index contributed by atoms with van der Waals surface area (Å²) < 4.78 is 35.2. The molecule has 1 amide bonds. The molecule has 0 saturated carbocycles. The third kappa shape index (κ3) is 16.4. The Balaban J connectivity index is 0. The third-order valence-electron chi connectivity index (χ3n) is 1.93. The summed E-state index contributed by atoms with van der Waals surface area (Å²) in [5.41, 5.74) is -0.675. The van der Waals surface area contributed by atoms with Gasteiger partial charge in [0.15, 0.2) is 5.12 Å². The van der Waals surface area contributed by atoms with Gasteiger partial charge in [0.2, 0.25) is 0 Å². The molecule has 120 valence electrons. The van der Waals surface area contributed by atoms with Crippen molar-refractivity contribution < 1.29 is 27.3 Å². The number of rotatable bonds is 6. The van der Waals surface area contributed by atoms with Crippen molar-refractivity contribution in [2.45, 2.75) is 45.8 Å². The Labute approximate surface area is 152 Å². The molecular weight excluding hydrogens is 329 g/mol. The molecule has 0 spiro atoms. The van der Waals surface area contributed by atoms with Crippen LogP contribution in [0.1, 0.15) is 34.1 Å². The van der Waals surface area contributed by atoms with Crippen LogP contribution >= 0.6 is 11.8 Å². The second kappa shape index (κ2) is 10.1. The minimum absolute atomic E-state index is 0. The molecule has 0 aliphatic rings. The number of alkyl carbamates (subject to hydrolysis) is 1. The van der Waals surface area contributed by atoms with E-state index < -0.39 is 33.6 Å². The van der Waals surface area contributed by atoms with Gasteiger partial charge in [0, 0.05) is 18.7 Å². The predicted octanol–water partition coefficient (Wildman–Crippen LogP) is 0.789. The Hall–Kier alpha value is 0.200. The molecule has 0 rings (SSSR count). The molecule has 0 bridgehead atoms. The molecule has 10 heteroatoms. The van der Waals surface area contributed by atoms with E-state index in [0.29, 0.717) is 0 Å². The van der Waals surface area contributed by atoms with Crippen LogP contribution in [-0.4, -0.2) is 76.9 Å². The van der Waals surface area contributed by atoms with Gasteiger partial charge >= 0.3 is 35.7 Å². The topological polar surface area (TPSA) is 110 Å². The zero-order valence-corrected chi connectivity index (χ0v) is 13.6. The normalized spacial score (nSPS) is 13.0. The molecule has 21 heavy (non-hydrogen) atoms. The molecule has 0 fully saturated rings. The molecule has 2 N–H and O–H groups in total. The number of amides is 1. The third-order valence-corrected chi connectivity index (χ3v) is 3.66. The second-order valence-electron chi connectivity index (χ2n) is 5.22. The number of thioether (sulfide) groups is 1. The Morgan fingerprint density at radius 1 is 1.33 bits per heavy atom. The Morgan fingerprint density at radius 2 is 1.86 bits per heavy atom. The molecule has 0 saturated heterocycles. The van der Waals surface area contributed by atoms with Crippen molar-refractivity contribution in [1.29, 1.82) is 0 Å². The van der Waals surface area contributed by atoms with Crippen LogP contribution in [0.25, 0.3) is 0 Å². The van der Waals surface area contributed by atoms with Crippen LogP contribution in [0.2, 0.25) is 0 Å². The van der Waals surface area contributed by atoms with Gasteiger partial charge in [0.25, 0.3) is 10.1 Å². The van der Waals surface area contributed by atoms with E-state index in [-0.39, 0.29) is 46.8 Å². The molecule has 0 aliphatic carbocycles. The van der Waals surface area contributed by atoms with Gasteiger partial charge in [-0.25, -0.2) is 4.79 Å². The maximum absolute atomic E-state index is 11.6. The molecule has 1 atom stereocenters. The van der Waals surface area contributed by atoms with E-state index in [1.807, 2.05) is 0 Å². The van der Waals surface area contributed by atoms with E-state index in [1.165, 1.54) is 6.92 Å². The average molecular weight is 351 g/mol. The quantitative estimate of drug-likeness (QED) is 0.538. The second-order valence-corrected chi connectivity index (χ2v) is 7.99. The number of carbonyl (C=O) groups is 2. The van der Waals surface area contributed by atoms with Crippen LogP contribution in [0, 0.1) is 0 Å². The number of hydrogen-bond donors (Lipinski definition) is 2. The summed E-state index contributed by atoms with van der Waals surface area (Å²) in [5.74, 6) is -0.282. The van der Waals surface area contributed by atoms with Gasteiger partial charge in [0.05, 0.1) is 5.75 Å². The summed E-state index contributed by atoms with van der Waals surface area (Å²) >= 11 is 0.964. The van der Waals surface area contributed by atoms with Gasteiger partial charge in [-0.2, -0.15) is 8.42 Å². The molecule has 0 aromatic rings. The number of carbonyl (C=O) groups excluding carboxylic acids is 2. The summed E-state index contributed by atoms with van der Waals surface area (Å²) in [6.45, 7) is 6.47. The number of hydrogen-bond acceptors (Lipinski definition) is 6. The minimum atomic E-state index is -4.11. The molecule has 0 aliphatic heterocycles. The van der Waals surface area contributed by atoms with E-state index in [2.05, 4.69) is 5.32 Å². The first-order valence-corrected chi connectivity index (χ1v) is 8.56. The maximum atomic E-state index is 11.6. The Bertz CT molecular complexity index is 446. The zero-order valence-electron chi connectivity index (χ0n) is 12.0. The molecule has 1 unspecified atom stereocenters. The van der Waals surface area contributed by atoms with Crippen molar-refractivity contribution in [3.8, 4) is 0 Å². The fourth-order valence-corrected chi connectivity index (χ4v) is 2.45. The van der Waals surface area contributed by atoms with Crippen LogP contribution in [0.5, 0.6) is 0 Å². The SMILES string of the molecule is CC(=O)SCC(CCS(=O)(=O)O)NC(=O)OC(C)(C)C.[NaH]. The van der Waals surface area contributed by atoms with Gasteiger partial charge in [-0.05, 0) is 27.2 Å². The molecular formula is C11H22NNaO6S2. The summed E-state index contributed by atoms with van der Waals surface area (Å²) in [6.07, 6.45) is -0.694. The van der Waals surface area contributed by atoms with Crippen molar-refractivity contribution in [2.75, 3.05) is 11.5 Å². The fraction of sp³-hybridized carbons (Fsp3) is 0.818. The van der Waals surface area contributed by atoms with Crippen LogP contribution in [0.4, 0.5) is 4.79 Å². The van der Waals surface area contributed by atoms with Crippen LogP contribution in [-0.2, 0) is 19.6 Å². The molecule has 0 aromatic heterocycles. The predicted molar refractivity (Wildman–Crippen MR) is 84.5 cm³/mol. The monoisotopic (exact) mass is 351 g/mol. The molecule has 0 radical (unpaired) electrons. The summed E-state index contributed by atoms with van der Waals surface area (Å²) in [4.78, 5) is 22.5. The summed E-state index contributed by atoms with van der Waals surface area (Å²) in [6, 6.07) is -0.583. The average Bonchev–Trinajstić information content (AvgIpc) is 2.17. The van der Waals surface area contributed by atoms with E-state index in [9.17, 15) is 18.0 Å². The van der Waals surface area contributed by atoms with Gasteiger partial charge in [-0.1, -0.05) is 11.8 Å². The Kier molecular flexibility index (Phi) is 11.2. The van der Waals surface area contributed by atoms with E-state index in [4.69, 9.17) is 9.29 Å². The molecule has 0 heterocycles. The fourth-order valence-electron chi connectivity index (χ4n) is 1.18. The van der Waals surface area contributed by atoms with Crippen molar-refractivity contribution in [2.24, 2.45) is 0 Å². The van der Waals surface area contributed by atoms with Gasteiger partial charge in [0.1, 0.15) is 5.60 Å². The molecule has 0 aromatic carbocycles. The van der Waals surface area contributed by atoms with Crippen molar-refractivity contribution >= 4 is 62.6 Å². The van der Waals surface area contributed by atoms with Crippen molar-refractivity contribution in [1.82, 2.24) is 5.32 Å². The van der Waals surface area contributed by atoms with E-state index >= 15 is 0 Å². The van der Waals surface area contributed by atoms with Crippen molar-refractivity contribution in [3.63, 3.8) is 0 Å². The first-order chi connectivity index (χ1) is 8.89. The first-order valence-electron chi connectivity index (χ1n) is 5.97. The van der Waals surface area contributed by atoms with E-state index in [0.717, 1.165) is 11.8 Å². The van der Waals surface area contributed by atoms with Gasteiger partial charge < -0.3 is 10.1 Å². The molecule has 7 nitrogen and oxygen atoms in total. The zero-order chi connectivity index (χ0) is 16.0. The first kappa shape index (κ1) is 23.5. The number of nitrogens with one attached hydrogen (secondary N) is 1. The standard InChI is InChI=1S/C11H21NO6S2.Na.H/c1-8(13)19-7-9(5-6-20(15,16)17)12-10(14)18-11(2,3)4;;/h9H,5-7H2,1-4H3,(H,12,14)(H,15,16,17);;. The van der Waals surface area contributed by atoms with Crippen LogP contribution in [0.3, 0.4) is 0 Å². The van der Waals surface area contributed by atoms with Crippen LogP contribution < -0.4 is 5.32 Å². The van der Waals surface area contributed by atoms with Crippen molar-refractivity contribution in [3.05, 3.63) is 0 Å². The summed E-state index contributed by atoms with van der Waals surface area (Å²) in [5, 5.41) is 2.35. The van der Waals surface area contributed by atoms with Crippen LogP contribution in [0.15, 0.2) is 0 Å². The van der Waals surface area contributed by atoms with E-state index in [1.54, 1.807) is 20.8 Å². The van der Waals surface area contributed by atoms with Gasteiger partial charge in [-0.15, -0.1) is 0 Å². The summed E-state index contributed by atoms with van der Waals surface area (Å²) in [7, 11) is -4.11. The van der Waals surface area contributed by atoms with Gasteiger partial charge in [-0.3, -0.25) is 9.35 Å².